The molecule has 0 rings (SSSR count). The van der Waals surface area contributed by atoms with Gasteiger partial charge in [0, 0.05) is 5.57 Å². The van der Waals surface area contributed by atoms with Crippen molar-refractivity contribution in [2.45, 2.75) is 20.8 Å². The summed E-state index contributed by atoms with van der Waals surface area (Å²) >= 11 is 0. The quantitative estimate of drug-likeness (QED) is 0.485. The fourth-order valence-corrected chi connectivity index (χ4v) is 1.90. The van der Waals surface area contributed by atoms with Crippen LogP contribution in [0.1, 0.15) is 20.8 Å². The summed E-state index contributed by atoms with van der Waals surface area (Å²) in [7, 11) is -0.592. The largest absolute Gasteiger partial charge is 0.370 e. The topological polar surface area (TPSA) is 32.3 Å². The Kier molecular flexibility index (Phi) is 5.66. The molecule has 0 aliphatic carbocycles. The maximum atomic E-state index is 11.1. The zero-order valence-corrected chi connectivity index (χ0v) is 9.60. The summed E-state index contributed by atoms with van der Waals surface area (Å²) in [6.07, 6.45) is 0. The molecule has 1 amide bonds. The van der Waals surface area contributed by atoms with Crippen molar-refractivity contribution in [3.63, 3.8) is 0 Å². The summed E-state index contributed by atoms with van der Waals surface area (Å²) in [6, 6.07) is 0. The predicted octanol–water partition coefficient (Wildman–Crippen LogP) is 0.0193. The van der Waals surface area contributed by atoms with Gasteiger partial charge in [0.1, 0.15) is 0 Å². The third kappa shape index (κ3) is 4.30. The summed E-state index contributed by atoms with van der Waals surface area (Å²) in [5.74, 6) is -0.00596. The van der Waals surface area contributed by atoms with E-state index in [9.17, 15) is 4.79 Å². The van der Waals surface area contributed by atoms with Gasteiger partial charge in [-0.15, -0.1) is 0 Å². The van der Waals surface area contributed by atoms with Gasteiger partial charge in [-0.25, -0.2) is 0 Å². The monoisotopic (exact) mass is 186 g/mol. The first-order chi connectivity index (χ1) is 5.61. The van der Waals surface area contributed by atoms with E-state index < -0.39 is 9.84 Å². The van der Waals surface area contributed by atoms with Crippen LogP contribution in [0.3, 0.4) is 0 Å². The van der Waals surface area contributed by atoms with Crippen LogP contribution in [0, 0.1) is 0 Å². The van der Waals surface area contributed by atoms with E-state index in [0.717, 1.165) is 13.1 Å². The number of nitrogens with one attached hydrogen (secondary N) is 1. The number of rotatable bonds is 5. The molecule has 0 spiro atoms. The Hall–Kier alpha value is -0.613. The second kappa shape index (κ2) is 5.96. The molecule has 4 heteroatoms. The van der Waals surface area contributed by atoms with E-state index >= 15 is 0 Å². The minimum atomic E-state index is -0.592. The number of hydrogen-bond donors (Lipinski definition) is 1. The van der Waals surface area contributed by atoms with Crippen LogP contribution < -0.4 is 4.98 Å². The fraction of sp³-hybridized carbons (Fsp3) is 0.625. The minimum absolute atomic E-state index is 0.00596. The molecule has 0 bridgehead atoms. The van der Waals surface area contributed by atoms with Gasteiger partial charge in [0.25, 0.3) is 0 Å². The van der Waals surface area contributed by atoms with Crippen LogP contribution in [0.25, 0.3) is 0 Å². The first-order valence-electron chi connectivity index (χ1n) is 4.27. The Morgan fingerprint density at radius 3 is 2.33 bits per heavy atom. The van der Waals surface area contributed by atoms with E-state index in [-0.39, 0.29) is 5.91 Å². The average Bonchev–Trinajstić information content (AvgIpc) is 2.05. The zero-order valence-electron chi connectivity index (χ0n) is 8.18. The zero-order chi connectivity index (χ0) is 9.56. The molecule has 12 heavy (non-hydrogen) atoms. The van der Waals surface area contributed by atoms with Gasteiger partial charge in [0.15, 0.2) is 0 Å². The lowest BCUT2D eigenvalue weighted by Crippen LogP contribution is -2.41. The molecular formula is C8H18N2OSi. The van der Waals surface area contributed by atoms with Gasteiger partial charge >= 0.3 is 0 Å². The average molecular weight is 186 g/mol. The highest BCUT2D eigenvalue weighted by Gasteiger charge is 2.03. The Morgan fingerprint density at radius 1 is 1.50 bits per heavy atom. The first kappa shape index (κ1) is 11.4. The van der Waals surface area contributed by atoms with Crippen LogP contribution in [0.5, 0.6) is 0 Å². The number of hydrogen-bond acceptors (Lipinski definition) is 2. The molecule has 0 aromatic rings. The van der Waals surface area contributed by atoms with Crippen molar-refractivity contribution in [2.24, 2.45) is 0 Å². The Balaban J connectivity index is 3.66. The SMILES string of the molecule is C=C(C)C(=O)N[SiH2]N(CC)CC. The number of amides is 1. The third-order valence-corrected chi connectivity index (χ3v) is 3.57. The van der Waals surface area contributed by atoms with E-state index in [1.807, 2.05) is 0 Å². The molecule has 0 heterocycles. The molecule has 0 fully saturated rings. The lowest BCUT2D eigenvalue weighted by molar-refractivity contribution is -0.115. The standard InChI is InChI=1S/C8H18N2OSi/c1-5-10(6-2)12-9-8(11)7(3)4/h3,5-6,12H2,1-2,4H3,(H,9,11). The lowest BCUT2D eigenvalue weighted by Gasteiger charge is -2.17. The van der Waals surface area contributed by atoms with Crippen molar-refractivity contribution in [1.29, 1.82) is 0 Å². The second-order valence-corrected chi connectivity index (χ2v) is 4.31. The van der Waals surface area contributed by atoms with E-state index in [4.69, 9.17) is 0 Å². The molecule has 0 aromatic carbocycles. The number of nitrogens with zero attached hydrogens (tertiary/aromatic N) is 1. The van der Waals surface area contributed by atoms with Crippen molar-refractivity contribution in [2.75, 3.05) is 13.1 Å². The van der Waals surface area contributed by atoms with Crippen molar-refractivity contribution in [1.82, 2.24) is 9.55 Å². The Labute approximate surface area is 76.8 Å². The molecule has 0 radical (unpaired) electrons. The molecule has 0 saturated heterocycles. The number of carbonyl (C=O) groups is 1. The van der Waals surface area contributed by atoms with Crippen molar-refractivity contribution >= 4 is 15.7 Å². The molecular weight excluding hydrogens is 168 g/mol. The van der Waals surface area contributed by atoms with E-state index in [1.165, 1.54) is 0 Å². The highest BCUT2D eigenvalue weighted by atomic mass is 28.2. The van der Waals surface area contributed by atoms with Crippen LogP contribution in [-0.2, 0) is 4.79 Å². The van der Waals surface area contributed by atoms with E-state index in [0.29, 0.717) is 5.57 Å². The fourth-order valence-electron chi connectivity index (χ4n) is 0.782. The van der Waals surface area contributed by atoms with Gasteiger partial charge in [-0.2, -0.15) is 0 Å². The molecule has 0 saturated carbocycles. The molecule has 0 atom stereocenters. The predicted molar refractivity (Wildman–Crippen MR) is 54.4 cm³/mol. The summed E-state index contributed by atoms with van der Waals surface area (Å²) in [5.41, 5.74) is 0.592. The Morgan fingerprint density at radius 2 is 2.00 bits per heavy atom. The van der Waals surface area contributed by atoms with Gasteiger partial charge < -0.3 is 9.55 Å². The molecule has 0 unspecified atom stereocenters. The summed E-state index contributed by atoms with van der Waals surface area (Å²) in [4.78, 5) is 14.0. The Bertz CT molecular complexity index is 166. The second-order valence-electron chi connectivity index (χ2n) is 2.75. The van der Waals surface area contributed by atoms with Crippen molar-refractivity contribution in [3.05, 3.63) is 12.2 Å². The maximum absolute atomic E-state index is 11.1. The van der Waals surface area contributed by atoms with E-state index in [1.54, 1.807) is 6.92 Å². The van der Waals surface area contributed by atoms with Gasteiger partial charge in [-0.3, -0.25) is 4.79 Å². The normalized spacial score (nSPS) is 11.0. The molecule has 0 aliphatic heterocycles. The van der Waals surface area contributed by atoms with Crippen LogP contribution in [0.4, 0.5) is 0 Å². The molecule has 0 aromatic heterocycles. The maximum Gasteiger partial charge on any atom is 0.239 e. The molecule has 70 valence electrons. The molecule has 3 nitrogen and oxygen atoms in total. The van der Waals surface area contributed by atoms with Crippen LogP contribution in [0.15, 0.2) is 12.2 Å². The molecule has 0 aliphatic rings. The van der Waals surface area contributed by atoms with Crippen LogP contribution in [-0.4, -0.2) is 33.4 Å². The summed E-state index contributed by atoms with van der Waals surface area (Å²) in [5, 5.41) is 0. The lowest BCUT2D eigenvalue weighted by atomic mass is 10.3. The van der Waals surface area contributed by atoms with Crippen LogP contribution >= 0.6 is 0 Å². The highest BCUT2D eigenvalue weighted by Crippen LogP contribution is 1.86. The van der Waals surface area contributed by atoms with Crippen LogP contribution in [0.2, 0.25) is 0 Å². The first-order valence-corrected chi connectivity index (χ1v) is 5.61. The summed E-state index contributed by atoms with van der Waals surface area (Å²) < 4.78 is 2.26. The third-order valence-electron chi connectivity index (χ3n) is 1.75. The minimum Gasteiger partial charge on any atom is -0.370 e. The van der Waals surface area contributed by atoms with E-state index in [2.05, 4.69) is 30.0 Å². The van der Waals surface area contributed by atoms with Gasteiger partial charge in [0.2, 0.25) is 15.7 Å². The number of carbonyl (C=O) groups excluding carboxylic acids is 1. The molecule has 1 N–H and O–H groups in total. The highest BCUT2D eigenvalue weighted by molar-refractivity contribution is 6.35. The summed E-state index contributed by atoms with van der Waals surface area (Å²) in [6.45, 7) is 11.5. The smallest absolute Gasteiger partial charge is 0.239 e. The van der Waals surface area contributed by atoms with Gasteiger partial charge in [0.05, 0.1) is 0 Å². The van der Waals surface area contributed by atoms with Crippen molar-refractivity contribution in [3.8, 4) is 0 Å². The van der Waals surface area contributed by atoms with Gasteiger partial charge in [-0.1, -0.05) is 20.4 Å². The van der Waals surface area contributed by atoms with Gasteiger partial charge in [-0.05, 0) is 20.0 Å². The van der Waals surface area contributed by atoms with Crippen molar-refractivity contribution < 1.29 is 4.79 Å².